The van der Waals surface area contributed by atoms with Gasteiger partial charge in [-0.2, -0.15) is 0 Å². The Hall–Kier alpha value is -4.32. The maximum Gasteiger partial charge on any atom is 0.255 e. The van der Waals surface area contributed by atoms with Crippen molar-refractivity contribution < 1.29 is 29.2 Å². The van der Waals surface area contributed by atoms with Crippen LogP contribution in [0.25, 0.3) is 0 Å². The van der Waals surface area contributed by atoms with E-state index in [1.807, 2.05) is 44.7 Å². The van der Waals surface area contributed by atoms with Crippen LogP contribution in [0.1, 0.15) is 90.6 Å². The molecule has 0 aliphatic carbocycles. The molecular formula is C38H64N7O5+. The number of nitrogens with two attached hydrogens (primary N) is 1. The number of nitrogens with zero attached hydrogens (tertiary/aromatic N) is 2. The fourth-order valence-corrected chi connectivity index (χ4v) is 5.86. The predicted molar refractivity (Wildman–Crippen MR) is 203 cm³/mol. The number of benzene rings is 1. The number of likely N-dealkylation sites (N-methyl/N-ethyl adjacent to an activating group) is 1. The summed E-state index contributed by atoms with van der Waals surface area (Å²) in [6.45, 7) is 25.8. The fraction of sp³-hybridized carbons (Fsp3) is 0.579. The number of amidine groups is 1. The van der Waals surface area contributed by atoms with Gasteiger partial charge in [0.2, 0.25) is 17.6 Å². The van der Waals surface area contributed by atoms with E-state index in [2.05, 4.69) is 66.8 Å². The second-order valence-corrected chi connectivity index (χ2v) is 12.8. The predicted octanol–water partition coefficient (Wildman–Crippen LogP) is 2.53. The second-order valence-electron chi connectivity index (χ2n) is 12.8. The van der Waals surface area contributed by atoms with Crippen molar-refractivity contribution in [1.82, 2.24) is 20.9 Å². The van der Waals surface area contributed by atoms with Gasteiger partial charge in [0.05, 0.1) is 37.7 Å². The molecule has 0 spiro atoms. The van der Waals surface area contributed by atoms with Crippen LogP contribution in [0, 0.1) is 0 Å². The fourth-order valence-electron chi connectivity index (χ4n) is 5.86. The van der Waals surface area contributed by atoms with E-state index >= 15 is 0 Å². The molecule has 7 N–H and O–H groups in total. The van der Waals surface area contributed by atoms with Gasteiger partial charge in [-0.15, -0.1) is 0 Å². The zero-order chi connectivity index (χ0) is 38.2. The lowest BCUT2D eigenvalue weighted by atomic mass is 9.79. The highest BCUT2D eigenvalue weighted by atomic mass is 16.5. The summed E-state index contributed by atoms with van der Waals surface area (Å²) >= 11 is 0. The van der Waals surface area contributed by atoms with Crippen LogP contribution in [0.3, 0.4) is 0 Å². The van der Waals surface area contributed by atoms with E-state index in [4.69, 9.17) is 15.2 Å². The van der Waals surface area contributed by atoms with Crippen LogP contribution in [0.4, 0.5) is 0 Å². The number of aliphatic imine (C=N–C) groups is 1. The van der Waals surface area contributed by atoms with Crippen molar-refractivity contribution >= 4 is 23.5 Å². The molecular weight excluding hydrogens is 634 g/mol. The lowest BCUT2D eigenvalue weighted by molar-refractivity contribution is -0.525. The summed E-state index contributed by atoms with van der Waals surface area (Å²) in [5.41, 5.74) is 7.26. The molecule has 2 fully saturated rings. The molecule has 4 unspecified atom stereocenters. The monoisotopic (exact) mass is 698 g/mol. The van der Waals surface area contributed by atoms with E-state index in [0.717, 1.165) is 17.8 Å². The van der Waals surface area contributed by atoms with Crippen molar-refractivity contribution in [1.29, 1.82) is 0 Å². The highest BCUT2D eigenvalue weighted by molar-refractivity contribution is 5.98. The zero-order valence-electron chi connectivity index (χ0n) is 32.3. The number of amides is 2. The van der Waals surface area contributed by atoms with Gasteiger partial charge in [-0.25, -0.2) is 0 Å². The van der Waals surface area contributed by atoms with Crippen molar-refractivity contribution in [3.05, 3.63) is 66.0 Å². The molecule has 1 aromatic rings. The minimum atomic E-state index is -0.815. The standard InChI is InChI=1S/C24H35N5O3.C9H14N2O2.C3H8.C2H6/c1-6-19(25)28-18-12-26-14(2)29-13-17(21(30)24(18,29)5)27-22(31)15-8-7-9-16-20(15)32-11-10-23(16,3)4;1-7(9(12)11-3)5-6-8(10-2)13-4;1-3-2;1-2/h7-9,17-18,21,26,30H,2,6,10-13H2,1,3-5H3,(H2,25,28)(H,27,31);5-6H,1H2,2-4H3,(H,11,12);3H2,1-2H3;1-2H3/p+1/b;6-5-,10-8?;;. The van der Waals surface area contributed by atoms with Crippen LogP contribution in [-0.2, 0) is 14.9 Å². The first-order valence-corrected chi connectivity index (χ1v) is 17.6. The molecule has 12 heteroatoms. The number of carbonyl (C=O) groups is 2. The largest absolute Gasteiger partial charge is 0.492 e. The number of nitrogens with one attached hydrogen (secondary N) is 4. The lowest BCUT2D eigenvalue weighted by Gasteiger charge is -2.46. The van der Waals surface area contributed by atoms with Crippen molar-refractivity contribution in [3.8, 4) is 5.75 Å². The summed E-state index contributed by atoms with van der Waals surface area (Å²) in [6.07, 6.45) is 5.16. The normalized spacial score (nSPS) is 23.5. The maximum atomic E-state index is 13.3. The molecule has 0 aromatic heterocycles. The van der Waals surface area contributed by atoms with Gasteiger partial charge in [0.25, 0.3) is 5.91 Å². The Bertz CT molecular complexity index is 1400. The Morgan fingerprint density at radius 2 is 1.88 bits per heavy atom. The molecule has 0 bridgehead atoms. The number of methoxy groups -OCH3 is 1. The van der Waals surface area contributed by atoms with Gasteiger partial charge in [0.1, 0.15) is 23.4 Å². The molecule has 3 aliphatic rings. The van der Waals surface area contributed by atoms with E-state index in [1.165, 1.54) is 13.5 Å². The Morgan fingerprint density at radius 1 is 1.24 bits per heavy atom. The van der Waals surface area contributed by atoms with Gasteiger partial charge in [-0.1, -0.05) is 80.2 Å². The Morgan fingerprint density at radius 3 is 2.44 bits per heavy atom. The number of carbonyl (C=O) groups excluding carboxylic acids is 2. The quantitative estimate of drug-likeness (QED) is 0.110. The Labute approximate surface area is 300 Å². The second kappa shape index (κ2) is 20.4. The molecule has 2 saturated heterocycles. The number of hydrogen-bond acceptors (Lipinski definition) is 8. The van der Waals surface area contributed by atoms with Crippen molar-refractivity contribution in [3.63, 3.8) is 0 Å². The third kappa shape index (κ3) is 10.6. The molecule has 1 aromatic carbocycles. The van der Waals surface area contributed by atoms with Crippen LogP contribution < -0.4 is 31.4 Å². The first-order valence-electron chi connectivity index (χ1n) is 17.6. The maximum absolute atomic E-state index is 13.3. The highest BCUT2D eigenvalue weighted by Crippen LogP contribution is 2.41. The van der Waals surface area contributed by atoms with Crippen molar-refractivity contribution in [2.75, 3.05) is 40.9 Å². The molecule has 4 atom stereocenters. The van der Waals surface area contributed by atoms with Gasteiger partial charge < -0.3 is 35.4 Å². The number of hydrogen-bond donors (Lipinski definition) is 6. The van der Waals surface area contributed by atoms with Gasteiger partial charge in [0, 0.05) is 44.3 Å². The van der Waals surface area contributed by atoms with Crippen molar-refractivity contribution in [2.24, 2.45) is 10.7 Å². The van der Waals surface area contributed by atoms with Crippen LogP contribution >= 0.6 is 0 Å². The summed E-state index contributed by atoms with van der Waals surface area (Å²) in [4.78, 5) is 33.5. The number of para-hydroxylation sites is 1. The third-order valence-corrected chi connectivity index (χ3v) is 8.88. The summed E-state index contributed by atoms with van der Waals surface area (Å²) in [5.74, 6) is 2.04. The minimum absolute atomic E-state index is 0.0527. The number of aliphatic hydroxyl groups is 1. The van der Waals surface area contributed by atoms with E-state index in [0.29, 0.717) is 54.7 Å². The molecule has 3 aliphatic heterocycles. The van der Waals surface area contributed by atoms with Gasteiger partial charge in [-0.3, -0.25) is 25.3 Å². The highest BCUT2D eigenvalue weighted by Gasteiger charge is 2.58. The van der Waals surface area contributed by atoms with E-state index in [-0.39, 0.29) is 23.3 Å². The summed E-state index contributed by atoms with van der Waals surface area (Å²) in [5, 5.41) is 20.2. The molecule has 3 heterocycles. The first-order chi connectivity index (χ1) is 23.7. The number of ether oxygens (including phenoxy) is 2. The third-order valence-electron chi connectivity index (χ3n) is 8.88. The number of aliphatic hydroxyl groups excluding tert-OH is 1. The summed E-state index contributed by atoms with van der Waals surface area (Å²) in [7, 11) is 4.66. The van der Waals surface area contributed by atoms with Crippen molar-refractivity contribution in [2.45, 2.75) is 104 Å². The molecule has 12 nitrogen and oxygen atoms in total. The molecule has 2 amide bonds. The van der Waals surface area contributed by atoms with Crippen LogP contribution in [0.5, 0.6) is 5.75 Å². The Kier molecular flexibility index (Phi) is 17.8. The SMILES string of the molecule is C=C(/C=C\C(=NC)OC)C(=O)NC.C=C1NCC([NH+]=C(N)CC)C2(C)C(O)C(NC(=O)c3cccc4c3OCCC4(C)C)CN12.CC.CCC. The minimum Gasteiger partial charge on any atom is -0.492 e. The topological polar surface area (TPSA) is 165 Å². The number of fused-ring (bicyclic) bond motifs is 2. The van der Waals surface area contributed by atoms with Crippen LogP contribution in [0.15, 0.2) is 59.9 Å². The van der Waals surface area contributed by atoms with Gasteiger partial charge in [-0.05, 0) is 30.9 Å². The summed E-state index contributed by atoms with van der Waals surface area (Å²) in [6, 6.07) is 5.10. The molecule has 0 saturated carbocycles. The molecule has 50 heavy (non-hydrogen) atoms. The van der Waals surface area contributed by atoms with Crippen LogP contribution in [-0.4, -0.2) is 98.2 Å². The lowest BCUT2D eigenvalue weighted by Crippen LogP contribution is -2.92. The molecule has 0 radical (unpaired) electrons. The molecule has 280 valence electrons. The zero-order valence-corrected chi connectivity index (χ0v) is 32.3. The average molecular weight is 699 g/mol. The van der Waals surface area contributed by atoms with Crippen LogP contribution in [0.2, 0.25) is 0 Å². The Balaban J connectivity index is 0.000000583. The summed E-state index contributed by atoms with van der Waals surface area (Å²) < 4.78 is 10.8. The molecule has 4 rings (SSSR count). The van der Waals surface area contributed by atoms with Gasteiger partial charge >= 0.3 is 0 Å². The average Bonchev–Trinajstić information content (AvgIpc) is 3.37. The first kappa shape index (κ1) is 43.7. The van der Waals surface area contributed by atoms with E-state index < -0.39 is 17.7 Å². The van der Waals surface area contributed by atoms with Gasteiger partial charge in [0.15, 0.2) is 0 Å². The number of rotatable bonds is 7. The van der Waals surface area contributed by atoms with E-state index in [1.54, 1.807) is 32.3 Å². The smallest absolute Gasteiger partial charge is 0.255 e. The van der Waals surface area contributed by atoms with E-state index in [9.17, 15) is 14.7 Å².